The van der Waals surface area contributed by atoms with Crippen molar-refractivity contribution in [3.63, 3.8) is 0 Å². The maximum atomic E-state index is 5.75. The van der Waals surface area contributed by atoms with Gasteiger partial charge in [-0.3, -0.25) is 0 Å². The van der Waals surface area contributed by atoms with Gasteiger partial charge in [0.1, 0.15) is 5.75 Å². The van der Waals surface area contributed by atoms with Crippen LogP contribution in [0.2, 0.25) is 0 Å². The van der Waals surface area contributed by atoms with Crippen LogP contribution in [0.1, 0.15) is 17.5 Å². The number of hydrogen-bond donors (Lipinski definition) is 1. The highest BCUT2D eigenvalue weighted by molar-refractivity contribution is 5.37. The number of hydrogen-bond acceptors (Lipinski definition) is 4. The molecule has 0 spiro atoms. The summed E-state index contributed by atoms with van der Waals surface area (Å²) in [5, 5.41) is 0. The average Bonchev–Trinajstić information content (AvgIpc) is 2.89. The summed E-state index contributed by atoms with van der Waals surface area (Å²) >= 11 is 0. The smallest absolute Gasteiger partial charge is 0.123 e. The topological polar surface area (TPSA) is 53.7 Å². The lowest BCUT2D eigenvalue weighted by Gasteiger charge is -2.12. The van der Waals surface area contributed by atoms with E-state index in [1.165, 1.54) is 0 Å². The Hall–Kier alpha value is -1.10. The monoisotopic (exact) mass is 237 g/mol. The quantitative estimate of drug-likeness (QED) is 0.842. The van der Waals surface area contributed by atoms with E-state index in [0.717, 1.165) is 29.9 Å². The molecule has 94 valence electrons. The first-order valence-electron chi connectivity index (χ1n) is 5.88. The zero-order valence-corrected chi connectivity index (χ0v) is 10.1. The molecular weight excluding hydrogens is 218 g/mol. The number of nitrogens with two attached hydrogens (primary N) is 1. The first-order chi connectivity index (χ1) is 8.33. The minimum absolute atomic E-state index is 0.232. The summed E-state index contributed by atoms with van der Waals surface area (Å²) in [5.41, 5.74) is 7.74. The molecule has 0 radical (unpaired) electrons. The van der Waals surface area contributed by atoms with Crippen LogP contribution in [0, 0.1) is 0 Å². The van der Waals surface area contributed by atoms with Gasteiger partial charge in [-0.2, -0.15) is 0 Å². The van der Waals surface area contributed by atoms with Crippen LogP contribution in [0.15, 0.2) is 18.2 Å². The van der Waals surface area contributed by atoms with Crippen molar-refractivity contribution >= 4 is 0 Å². The van der Waals surface area contributed by atoms with Gasteiger partial charge in [0.15, 0.2) is 0 Å². The first-order valence-corrected chi connectivity index (χ1v) is 5.88. The molecule has 2 rings (SSSR count). The highest BCUT2D eigenvalue weighted by Crippen LogP contribution is 2.21. The second-order valence-electron chi connectivity index (χ2n) is 4.15. The minimum Gasteiger partial charge on any atom is -0.496 e. The fourth-order valence-electron chi connectivity index (χ4n) is 1.91. The maximum absolute atomic E-state index is 5.75. The van der Waals surface area contributed by atoms with E-state index in [9.17, 15) is 0 Å². The molecule has 4 nitrogen and oxygen atoms in total. The molecule has 1 atom stereocenters. The van der Waals surface area contributed by atoms with E-state index in [2.05, 4.69) is 0 Å². The van der Waals surface area contributed by atoms with Gasteiger partial charge in [0.25, 0.3) is 0 Å². The van der Waals surface area contributed by atoms with Crippen molar-refractivity contribution in [2.75, 3.05) is 20.3 Å². The van der Waals surface area contributed by atoms with Crippen molar-refractivity contribution in [2.45, 2.75) is 25.7 Å². The molecule has 2 N–H and O–H groups in total. The van der Waals surface area contributed by atoms with Gasteiger partial charge in [0, 0.05) is 18.7 Å². The number of ether oxygens (including phenoxy) is 3. The SMILES string of the molecule is COc1cc(COC2CCOC2)ccc1CN. The molecule has 0 amide bonds. The van der Waals surface area contributed by atoms with Crippen LogP contribution < -0.4 is 10.5 Å². The highest BCUT2D eigenvalue weighted by Gasteiger charge is 2.16. The van der Waals surface area contributed by atoms with E-state index in [4.69, 9.17) is 19.9 Å². The molecule has 0 aromatic heterocycles. The molecular formula is C13H19NO3. The summed E-state index contributed by atoms with van der Waals surface area (Å²) in [4.78, 5) is 0. The van der Waals surface area contributed by atoms with Gasteiger partial charge in [-0.1, -0.05) is 12.1 Å². The summed E-state index contributed by atoms with van der Waals surface area (Å²) in [7, 11) is 1.66. The molecule has 17 heavy (non-hydrogen) atoms. The fraction of sp³-hybridized carbons (Fsp3) is 0.538. The van der Waals surface area contributed by atoms with Crippen LogP contribution in [0.3, 0.4) is 0 Å². The summed E-state index contributed by atoms with van der Waals surface area (Å²) in [6.07, 6.45) is 1.22. The fourth-order valence-corrected chi connectivity index (χ4v) is 1.91. The Morgan fingerprint density at radius 1 is 1.47 bits per heavy atom. The molecule has 1 fully saturated rings. The second kappa shape index (κ2) is 6.00. The number of benzene rings is 1. The van der Waals surface area contributed by atoms with Gasteiger partial charge in [-0.15, -0.1) is 0 Å². The first kappa shape index (κ1) is 12.4. The largest absolute Gasteiger partial charge is 0.496 e. The van der Waals surface area contributed by atoms with E-state index in [1.807, 2.05) is 18.2 Å². The molecule has 1 saturated heterocycles. The highest BCUT2D eigenvalue weighted by atomic mass is 16.5. The molecule has 4 heteroatoms. The van der Waals surface area contributed by atoms with Crippen molar-refractivity contribution in [3.05, 3.63) is 29.3 Å². The van der Waals surface area contributed by atoms with E-state index in [-0.39, 0.29) is 6.10 Å². The van der Waals surface area contributed by atoms with E-state index in [0.29, 0.717) is 19.8 Å². The van der Waals surface area contributed by atoms with Crippen LogP contribution in [0.4, 0.5) is 0 Å². The molecule has 1 aliphatic heterocycles. The van der Waals surface area contributed by atoms with Crippen molar-refractivity contribution in [3.8, 4) is 5.75 Å². The van der Waals surface area contributed by atoms with Crippen LogP contribution in [-0.4, -0.2) is 26.4 Å². The van der Waals surface area contributed by atoms with Crippen molar-refractivity contribution in [1.82, 2.24) is 0 Å². The van der Waals surface area contributed by atoms with E-state index >= 15 is 0 Å². The Bertz CT molecular complexity index is 362. The van der Waals surface area contributed by atoms with E-state index < -0.39 is 0 Å². The zero-order chi connectivity index (χ0) is 12.1. The van der Waals surface area contributed by atoms with Crippen LogP contribution >= 0.6 is 0 Å². The predicted octanol–water partition coefficient (Wildman–Crippen LogP) is 1.46. The lowest BCUT2D eigenvalue weighted by molar-refractivity contribution is 0.0317. The molecule has 0 saturated carbocycles. The summed E-state index contributed by atoms with van der Waals surface area (Å²) in [6.45, 7) is 2.59. The third-order valence-corrected chi connectivity index (χ3v) is 2.95. The molecule has 1 aliphatic rings. The van der Waals surface area contributed by atoms with Gasteiger partial charge in [-0.25, -0.2) is 0 Å². The summed E-state index contributed by atoms with van der Waals surface area (Å²) < 4.78 is 16.3. The van der Waals surface area contributed by atoms with Crippen LogP contribution in [0.25, 0.3) is 0 Å². The Morgan fingerprint density at radius 2 is 2.35 bits per heavy atom. The normalized spacial score (nSPS) is 19.5. The third kappa shape index (κ3) is 3.19. The van der Waals surface area contributed by atoms with Gasteiger partial charge in [0.05, 0.1) is 26.4 Å². The average molecular weight is 237 g/mol. The minimum atomic E-state index is 0.232. The molecule has 1 aromatic rings. The molecule has 1 aromatic carbocycles. The van der Waals surface area contributed by atoms with Gasteiger partial charge < -0.3 is 19.9 Å². The maximum Gasteiger partial charge on any atom is 0.123 e. The summed E-state index contributed by atoms with van der Waals surface area (Å²) in [5.74, 6) is 0.830. The van der Waals surface area contributed by atoms with Gasteiger partial charge >= 0.3 is 0 Å². The van der Waals surface area contributed by atoms with Crippen LogP contribution in [-0.2, 0) is 22.6 Å². The van der Waals surface area contributed by atoms with Crippen molar-refractivity contribution < 1.29 is 14.2 Å². The molecule has 1 unspecified atom stereocenters. The van der Waals surface area contributed by atoms with Crippen molar-refractivity contribution in [2.24, 2.45) is 5.73 Å². The van der Waals surface area contributed by atoms with E-state index in [1.54, 1.807) is 7.11 Å². The lowest BCUT2D eigenvalue weighted by Crippen LogP contribution is -2.12. The number of rotatable bonds is 5. The third-order valence-electron chi connectivity index (χ3n) is 2.95. The second-order valence-corrected chi connectivity index (χ2v) is 4.15. The van der Waals surface area contributed by atoms with Gasteiger partial charge in [0.2, 0.25) is 0 Å². The van der Waals surface area contributed by atoms with Gasteiger partial charge in [-0.05, 0) is 18.1 Å². The Balaban J connectivity index is 1.95. The molecule has 1 heterocycles. The standard InChI is InChI=1S/C13H19NO3/c1-15-13-6-10(2-3-11(13)7-14)8-17-12-4-5-16-9-12/h2-3,6,12H,4-5,7-9,14H2,1H3. The van der Waals surface area contributed by atoms with Crippen LogP contribution in [0.5, 0.6) is 5.75 Å². The zero-order valence-electron chi connectivity index (χ0n) is 10.1. The molecule has 0 aliphatic carbocycles. The lowest BCUT2D eigenvalue weighted by atomic mass is 10.1. The number of methoxy groups -OCH3 is 1. The Labute approximate surface area is 102 Å². The molecule has 0 bridgehead atoms. The Morgan fingerprint density at radius 3 is 3.00 bits per heavy atom. The summed E-state index contributed by atoms with van der Waals surface area (Å²) in [6, 6.07) is 6.00. The van der Waals surface area contributed by atoms with Crippen molar-refractivity contribution in [1.29, 1.82) is 0 Å². The Kier molecular flexibility index (Phi) is 4.36. The predicted molar refractivity (Wildman–Crippen MR) is 64.9 cm³/mol.